The van der Waals surface area contributed by atoms with Gasteiger partial charge in [-0.25, -0.2) is 17.8 Å². The molecule has 0 aliphatic heterocycles. The van der Waals surface area contributed by atoms with Crippen LogP contribution in [0.5, 0.6) is 0 Å². The minimum Gasteiger partial charge on any atom is -0.329 e. The zero-order chi connectivity index (χ0) is 21.3. The summed E-state index contributed by atoms with van der Waals surface area (Å²) in [6.45, 7) is 3.29. The molecule has 0 saturated heterocycles. The molecule has 4 aromatic rings. The molecule has 2 heterocycles. The lowest BCUT2D eigenvalue weighted by Crippen LogP contribution is -2.14. The van der Waals surface area contributed by atoms with Crippen molar-refractivity contribution in [2.45, 2.75) is 18.7 Å². The lowest BCUT2D eigenvalue weighted by atomic mass is 10.1. The molecular weight excluding hydrogens is 425 g/mol. The van der Waals surface area contributed by atoms with Gasteiger partial charge in [0.2, 0.25) is 0 Å². The van der Waals surface area contributed by atoms with Crippen molar-refractivity contribution in [2.75, 3.05) is 10.0 Å². The van der Waals surface area contributed by atoms with E-state index in [0.717, 1.165) is 5.56 Å². The van der Waals surface area contributed by atoms with Crippen LogP contribution in [0.15, 0.2) is 58.8 Å². The predicted molar refractivity (Wildman–Crippen MR) is 116 cm³/mol. The smallest absolute Gasteiger partial charge is 0.265 e. The van der Waals surface area contributed by atoms with E-state index in [2.05, 4.69) is 25.2 Å². The quantitative estimate of drug-likeness (QED) is 0.396. The Bertz CT molecular complexity index is 1290. The van der Waals surface area contributed by atoms with Gasteiger partial charge in [0.15, 0.2) is 5.13 Å². The van der Waals surface area contributed by atoms with Gasteiger partial charge in [0.1, 0.15) is 10.7 Å². The number of hydrogen-bond acceptors (Lipinski definition) is 6. The molecule has 4 rings (SSSR count). The molecule has 0 aliphatic carbocycles. The van der Waals surface area contributed by atoms with Crippen molar-refractivity contribution in [3.63, 3.8) is 0 Å². The Hall–Kier alpha value is -3.24. The van der Waals surface area contributed by atoms with E-state index < -0.39 is 10.0 Å². The van der Waals surface area contributed by atoms with Crippen LogP contribution in [-0.4, -0.2) is 23.6 Å². The van der Waals surface area contributed by atoms with Gasteiger partial charge in [-0.3, -0.25) is 9.82 Å². The number of anilines is 3. The molecule has 3 N–H and O–H groups in total. The number of thiazole rings is 1. The van der Waals surface area contributed by atoms with Gasteiger partial charge in [-0.1, -0.05) is 24.3 Å². The van der Waals surface area contributed by atoms with Crippen LogP contribution in [0.1, 0.15) is 11.4 Å². The SMILES string of the molecule is Cc1n[nH]c(C)c1S(=O)(=O)Nc1cccc(-c2csc(Nc3ccccc3F)n2)c1. The largest absolute Gasteiger partial charge is 0.329 e. The van der Waals surface area contributed by atoms with Gasteiger partial charge in [0, 0.05) is 16.6 Å². The van der Waals surface area contributed by atoms with Crippen molar-refractivity contribution >= 4 is 37.9 Å². The Morgan fingerprint density at radius 2 is 1.90 bits per heavy atom. The maximum atomic E-state index is 13.8. The first-order chi connectivity index (χ1) is 14.3. The Morgan fingerprint density at radius 3 is 2.63 bits per heavy atom. The molecule has 0 atom stereocenters. The molecule has 0 spiro atoms. The van der Waals surface area contributed by atoms with E-state index in [1.807, 2.05) is 11.4 Å². The maximum absolute atomic E-state index is 13.8. The lowest BCUT2D eigenvalue weighted by molar-refractivity contribution is 0.600. The van der Waals surface area contributed by atoms with Crippen molar-refractivity contribution in [1.82, 2.24) is 15.2 Å². The van der Waals surface area contributed by atoms with Crippen LogP contribution in [0.4, 0.5) is 20.9 Å². The molecule has 154 valence electrons. The summed E-state index contributed by atoms with van der Waals surface area (Å²) in [5, 5.41) is 11.9. The highest BCUT2D eigenvalue weighted by Gasteiger charge is 2.22. The summed E-state index contributed by atoms with van der Waals surface area (Å²) in [5.41, 5.74) is 3.00. The van der Waals surface area contributed by atoms with Gasteiger partial charge >= 0.3 is 0 Å². The number of sulfonamides is 1. The van der Waals surface area contributed by atoms with Crippen LogP contribution in [0.2, 0.25) is 0 Å². The van der Waals surface area contributed by atoms with E-state index in [4.69, 9.17) is 0 Å². The van der Waals surface area contributed by atoms with Gasteiger partial charge in [-0.05, 0) is 38.1 Å². The maximum Gasteiger partial charge on any atom is 0.265 e. The third-order valence-electron chi connectivity index (χ3n) is 4.36. The number of benzene rings is 2. The number of rotatable bonds is 6. The average Bonchev–Trinajstić information content (AvgIpc) is 3.30. The van der Waals surface area contributed by atoms with Gasteiger partial charge in [-0.15, -0.1) is 11.3 Å². The van der Waals surface area contributed by atoms with Gasteiger partial charge in [0.25, 0.3) is 10.0 Å². The number of para-hydroxylation sites is 1. The molecule has 10 heteroatoms. The molecule has 7 nitrogen and oxygen atoms in total. The second kappa shape index (κ2) is 7.88. The topological polar surface area (TPSA) is 99.8 Å². The molecule has 2 aromatic heterocycles. The highest BCUT2D eigenvalue weighted by atomic mass is 32.2. The van der Waals surface area contributed by atoms with Gasteiger partial charge in [0.05, 0.1) is 22.8 Å². The highest BCUT2D eigenvalue weighted by Crippen LogP contribution is 2.30. The summed E-state index contributed by atoms with van der Waals surface area (Å²) < 4.78 is 41.9. The van der Waals surface area contributed by atoms with Crippen molar-refractivity contribution in [2.24, 2.45) is 0 Å². The molecule has 0 radical (unpaired) electrons. The zero-order valence-corrected chi connectivity index (χ0v) is 17.7. The number of nitrogens with one attached hydrogen (secondary N) is 3. The summed E-state index contributed by atoms with van der Waals surface area (Å²) in [5.74, 6) is -0.365. The van der Waals surface area contributed by atoms with Crippen LogP contribution < -0.4 is 10.0 Å². The first-order valence-corrected chi connectivity index (χ1v) is 11.3. The molecule has 0 unspecified atom stereocenters. The standard InChI is InChI=1S/C20H18FN5O2S2/c1-12-19(13(2)25-24-12)30(27,28)26-15-7-5-6-14(10-15)18-11-29-20(23-18)22-17-9-4-3-8-16(17)21/h3-11,26H,1-2H3,(H,22,23)(H,24,25). The first kappa shape index (κ1) is 20.0. The fourth-order valence-electron chi connectivity index (χ4n) is 3.03. The summed E-state index contributed by atoms with van der Waals surface area (Å²) in [6.07, 6.45) is 0. The molecule has 0 bridgehead atoms. The fraction of sp³-hybridized carbons (Fsp3) is 0.100. The highest BCUT2D eigenvalue weighted by molar-refractivity contribution is 7.92. The number of hydrogen-bond donors (Lipinski definition) is 3. The summed E-state index contributed by atoms with van der Waals surface area (Å²) >= 11 is 1.33. The van der Waals surface area contributed by atoms with Crippen LogP contribution in [0.3, 0.4) is 0 Å². The van der Waals surface area contributed by atoms with Crippen LogP contribution in [-0.2, 0) is 10.0 Å². The third-order valence-corrected chi connectivity index (χ3v) is 6.76. The monoisotopic (exact) mass is 443 g/mol. The first-order valence-electron chi connectivity index (χ1n) is 8.95. The Balaban J connectivity index is 1.57. The van der Waals surface area contributed by atoms with E-state index >= 15 is 0 Å². The number of aromatic amines is 1. The molecule has 0 aliphatic rings. The number of halogens is 1. The van der Waals surface area contributed by atoms with Crippen LogP contribution in [0.25, 0.3) is 11.3 Å². The Kier molecular flexibility index (Phi) is 5.27. The van der Waals surface area contributed by atoms with Crippen LogP contribution >= 0.6 is 11.3 Å². The minimum atomic E-state index is -3.79. The number of nitrogens with zero attached hydrogens (tertiary/aromatic N) is 2. The zero-order valence-electron chi connectivity index (χ0n) is 16.1. The third kappa shape index (κ3) is 4.05. The van der Waals surface area contributed by atoms with E-state index in [9.17, 15) is 12.8 Å². The van der Waals surface area contributed by atoms with E-state index in [1.165, 1.54) is 17.4 Å². The van der Waals surface area contributed by atoms with Crippen molar-refractivity contribution < 1.29 is 12.8 Å². The van der Waals surface area contributed by atoms with Gasteiger partial charge < -0.3 is 5.32 Å². The van der Waals surface area contributed by atoms with Crippen LogP contribution in [0, 0.1) is 19.7 Å². The minimum absolute atomic E-state index is 0.137. The molecule has 30 heavy (non-hydrogen) atoms. The van der Waals surface area contributed by atoms with Crippen molar-refractivity contribution in [3.8, 4) is 11.3 Å². The van der Waals surface area contributed by atoms with E-state index in [1.54, 1.807) is 50.2 Å². The lowest BCUT2D eigenvalue weighted by Gasteiger charge is -2.09. The number of aryl methyl sites for hydroxylation is 2. The second-order valence-corrected chi connectivity index (χ2v) is 9.07. The van der Waals surface area contributed by atoms with Crippen molar-refractivity contribution in [1.29, 1.82) is 0 Å². The van der Waals surface area contributed by atoms with Crippen molar-refractivity contribution in [3.05, 3.63) is 71.1 Å². The molecule has 2 aromatic carbocycles. The second-order valence-electron chi connectivity index (χ2n) is 6.59. The Morgan fingerprint density at radius 1 is 1.10 bits per heavy atom. The molecular formula is C20H18FN5O2S2. The predicted octanol–water partition coefficient (Wildman–Crippen LogP) is 4.83. The van der Waals surface area contributed by atoms with E-state index in [-0.39, 0.29) is 10.7 Å². The summed E-state index contributed by atoms with van der Waals surface area (Å²) in [6, 6.07) is 13.3. The fourth-order valence-corrected chi connectivity index (χ4v) is 5.18. The number of aromatic nitrogens is 3. The van der Waals surface area contributed by atoms with Gasteiger partial charge in [-0.2, -0.15) is 5.10 Å². The number of H-pyrrole nitrogens is 1. The normalized spacial score (nSPS) is 11.4. The molecule has 0 fully saturated rings. The van der Waals surface area contributed by atoms with E-state index in [0.29, 0.717) is 33.6 Å². The Labute approximate surface area is 177 Å². The molecule has 0 saturated carbocycles. The summed E-state index contributed by atoms with van der Waals surface area (Å²) in [4.78, 5) is 4.62. The molecule has 0 amide bonds. The average molecular weight is 444 g/mol. The summed E-state index contributed by atoms with van der Waals surface area (Å²) in [7, 11) is -3.79.